The van der Waals surface area contributed by atoms with Crippen molar-refractivity contribution in [3.8, 4) is 0 Å². The normalized spacial score (nSPS) is 24.1. The number of anilines is 1. The van der Waals surface area contributed by atoms with Crippen LogP contribution in [-0.4, -0.2) is 42.3 Å². The molecule has 0 spiro atoms. The molecule has 2 unspecified atom stereocenters. The van der Waals surface area contributed by atoms with Gasteiger partial charge >= 0.3 is 0 Å². The highest BCUT2D eigenvalue weighted by Gasteiger charge is 2.49. The molecule has 152 valence electrons. The molecule has 0 radical (unpaired) electrons. The molecule has 1 amide bonds. The van der Waals surface area contributed by atoms with Gasteiger partial charge in [-0.25, -0.2) is 8.42 Å². The first-order chi connectivity index (χ1) is 13.7. The fourth-order valence-corrected chi connectivity index (χ4v) is 7.86. The number of fused-ring (bicyclic) bond motifs is 1. The Balaban J connectivity index is 1.67. The molecule has 0 bridgehead atoms. The van der Waals surface area contributed by atoms with E-state index < -0.39 is 9.84 Å². The van der Waals surface area contributed by atoms with Gasteiger partial charge in [-0.05, 0) is 35.9 Å². The van der Waals surface area contributed by atoms with Gasteiger partial charge in [0, 0.05) is 15.3 Å². The number of nitrogens with zero attached hydrogens (tertiary/aromatic N) is 2. The zero-order valence-corrected chi connectivity index (χ0v) is 18.8. The molecule has 2 aromatic carbocycles. The van der Waals surface area contributed by atoms with E-state index in [2.05, 4.69) is 4.99 Å². The standard InChI is InChI=1S/C19H15Cl3N2O3S2/c20-12-3-1-11(2-4-12)7-18(25)23-19-24(15-8-13(21)5-6-14(15)22)16-9-29(26,27)10-17(16)28-19/h1-6,8,16-17H,7,9-10H2. The fraction of sp³-hybridized carbons (Fsp3) is 0.263. The van der Waals surface area contributed by atoms with Gasteiger partial charge in [0.2, 0.25) is 0 Å². The Hall–Kier alpha value is -1.25. The highest BCUT2D eigenvalue weighted by molar-refractivity contribution is 8.16. The van der Waals surface area contributed by atoms with Crippen LogP contribution in [0.25, 0.3) is 0 Å². The quantitative estimate of drug-likeness (QED) is 0.635. The van der Waals surface area contributed by atoms with E-state index in [0.29, 0.717) is 25.9 Å². The lowest BCUT2D eigenvalue weighted by Crippen LogP contribution is -2.38. The molecule has 5 nitrogen and oxygen atoms in total. The lowest BCUT2D eigenvalue weighted by atomic mass is 10.1. The van der Waals surface area contributed by atoms with Gasteiger partial charge in [-0.2, -0.15) is 4.99 Å². The SMILES string of the molecule is O=C(Cc1ccc(Cl)cc1)N=C1SC2CS(=O)(=O)CC2N1c1cc(Cl)ccc1Cl. The van der Waals surface area contributed by atoms with Crippen molar-refractivity contribution in [2.45, 2.75) is 17.7 Å². The summed E-state index contributed by atoms with van der Waals surface area (Å²) in [7, 11) is -3.16. The summed E-state index contributed by atoms with van der Waals surface area (Å²) in [6.07, 6.45) is 0.117. The number of hydrogen-bond acceptors (Lipinski definition) is 4. The maximum Gasteiger partial charge on any atom is 0.252 e. The number of amidine groups is 1. The van der Waals surface area contributed by atoms with Crippen molar-refractivity contribution in [2.75, 3.05) is 16.4 Å². The van der Waals surface area contributed by atoms with E-state index in [1.54, 1.807) is 47.4 Å². The van der Waals surface area contributed by atoms with Crippen molar-refractivity contribution in [1.29, 1.82) is 0 Å². The molecular weight excluding hydrogens is 475 g/mol. The average Bonchev–Trinajstić information content (AvgIpc) is 3.10. The summed E-state index contributed by atoms with van der Waals surface area (Å²) < 4.78 is 24.3. The molecule has 2 heterocycles. The largest absolute Gasteiger partial charge is 0.314 e. The Kier molecular flexibility index (Phi) is 5.88. The maximum absolute atomic E-state index is 12.6. The third-order valence-corrected chi connectivity index (χ3v) is 8.74. The van der Waals surface area contributed by atoms with Crippen LogP contribution in [-0.2, 0) is 21.1 Å². The molecule has 29 heavy (non-hydrogen) atoms. The van der Waals surface area contributed by atoms with Crippen LogP contribution in [0.3, 0.4) is 0 Å². The van der Waals surface area contributed by atoms with Crippen molar-refractivity contribution in [3.63, 3.8) is 0 Å². The van der Waals surface area contributed by atoms with Gasteiger partial charge in [-0.3, -0.25) is 4.79 Å². The van der Waals surface area contributed by atoms with Gasteiger partial charge in [0.05, 0.1) is 34.7 Å². The first kappa shape index (κ1) is 21.0. The third-order valence-electron chi connectivity index (χ3n) is 4.72. The summed E-state index contributed by atoms with van der Waals surface area (Å²) in [6, 6.07) is 11.6. The molecule has 2 aliphatic rings. The number of sulfone groups is 1. The Morgan fingerprint density at radius 3 is 2.48 bits per heavy atom. The molecule has 2 aromatic rings. The van der Waals surface area contributed by atoms with E-state index >= 15 is 0 Å². The molecule has 0 aliphatic carbocycles. The van der Waals surface area contributed by atoms with Crippen LogP contribution in [0.15, 0.2) is 47.5 Å². The topological polar surface area (TPSA) is 66.8 Å². The minimum absolute atomic E-state index is 0.0160. The highest BCUT2D eigenvalue weighted by Crippen LogP contribution is 2.43. The molecular formula is C19H15Cl3N2O3S2. The third kappa shape index (κ3) is 4.59. The van der Waals surface area contributed by atoms with Crippen LogP contribution >= 0.6 is 46.6 Å². The fourth-order valence-electron chi connectivity index (χ4n) is 3.44. The Bertz CT molecular complexity index is 1100. The van der Waals surface area contributed by atoms with E-state index in [0.717, 1.165) is 5.56 Å². The van der Waals surface area contributed by atoms with Crippen LogP contribution in [0.2, 0.25) is 15.1 Å². The smallest absolute Gasteiger partial charge is 0.252 e. The van der Waals surface area contributed by atoms with Crippen LogP contribution in [0, 0.1) is 0 Å². The number of carbonyl (C=O) groups excluding carboxylic acids is 1. The first-order valence-corrected chi connectivity index (χ1v) is 12.5. The molecule has 4 rings (SSSR count). The second-order valence-electron chi connectivity index (χ2n) is 6.86. The van der Waals surface area contributed by atoms with Gasteiger partial charge in [0.1, 0.15) is 0 Å². The van der Waals surface area contributed by atoms with Crippen LogP contribution < -0.4 is 4.90 Å². The second kappa shape index (κ2) is 8.12. The predicted molar refractivity (Wildman–Crippen MR) is 120 cm³/mol. The van der Waals surface area contributed by atoms with E-state index in [1.807, 2.05) is 0 Å². The van der Waals surface area contributed by atoms with Crippen molar-refractivity contribution in [2.24, 2.45) is 4.99 Å². The lowest BCUT2D eigenvalue weighted by Gasteiger charge is -2.25. The number of benzene rings is 2. The molecule has 2 atom stereocenters. The van der Waals surface area contributed by atoms with E-state index in [9.17, 15) is 13.2 Å². The summed E-state index contributed by atoms with van der Waals surface area (Å²) in [5, 5.41) is 1.70. The maximum atomic E-state index is 12.6. The molecule has 0 N–H and O–H groups in total. The molecule has 2 aliphatic heterocycles. The summed E-state index contributed by atoms with van der Waals surface area (Å²) >= 11 is 19.7. The molecule has 2 fully saturated rings. The summed E-state index contributed by atoms with van der Waals surface area (Å²) in [5.41, 5.74) is 1.34. The van der Waals surface area contributed by atoms with Crippen molar-refractivity contribution in [3.05, 3.63) is 63.1 Å². The number of halogens is 3. The Morgan fingerprint density at radius 2 is 1.76 bits per heavy atom. The summed E-state index contributed by atoms with van der Waals surface area (Å²) in [6.45, 7) is 0. The lowest BCUT2D eigenvalue weighted by molar-refractivity contribution is -0.117. The van der Waals surface area contributed by atoms with Gasteiger partial charge in [-0.15, -0.1) is 0 Å². The zero-order chi connectivity index (χ0) is 20.8. The minimum Gasteiger partial charge on any atom is -0.314 e. The number of hydrogen-bond donors (Lipinski definition) is 0. The van der Waals surface area contributed by atoms with Crippen LogP contribution in [0.4, 0.5) is 5.69 Å². The molecule has 10 heteroatoms. The van der Waals surface area contributed by atoms with Crippen molar-refractivity contribution >= 4 is 73.2 Å². The minimum atomic E-state index is -3.16. The zero-order valence-electron chi connectivity index (χ0n) is 14.9. The van der Waals surface area contributed by atoms with Crippen molar-refractivity contribution in [1.82, 2.24) is 0 Å². The number of thioether (sulfide) groups is 1. The van der Waals surface area contributed by atoms with E-state index in [4.69, 9.17) is 34.8 Å². The van der Waals surface area contributed by atoms with Crippen LogP contribution in [0.1, 0.15) is 5.56 Å². The highest BCUT2D eigenvalue weighted by atomic mass is 35.5. The number of amides is 1. The van der Waals surface area contributed by atoms with Gasteiger partial charge in [-0.1, -0.05) is 58.7 Å². The number of rotatable bonds is 3. The summed E-state index contributed by atoms with van der Waals surface area (Å²) in [4.78, 5) is 18.6. The molecule has 0 saturated carbocycles. The Labute approximate surface area is 188 Å². The summed E-state index contributed by atoms with van der Waals surface area (Å²) in [5.74, 6) is -0.305. The van der Waals surface area contributed by atoms with Gasteiger partial charge in [0.25, 0.3) is 5.91 Å². The van der Waals surface area contributed by atoms with Crippen molar-refractivity contribution < 1.29 is 13.2 Å². The molecule has 0 aromatic heterocycles. The number of aliphatic imine (C=N–C) groups is 1. The second-order valence-corrected chi connectivity index (χ2v) is 11.5. The van der Waals surface area contributed by atoms with Gasteiger partial charge < -0.3 is 4.90 Å². The number of carbonyl (C=O) groups is 1. The van der Waals surface area contributed by atoms with E-state index in [-0.39, 0.29) is 35.1 Å². The molecule has 2 saturated heterocycles. The van der Waals surface area contributed by atoms with E-state index in [1.165, 1.54) is 11.8 Å². The monoisotopic (exact) mass is 488 g/mol. The first-order valence-electron chi connectivity index (χ1n) is 8.69. The van der Waals surface area contributed by atoms with Crippen LogP contribution in [0.5, 0.6) is 0 Å². The predicted octanol–water partition coefficient (Wildman–Crippen LogP) is 4.49. The van der Waals surface area contributed by atoms with Gasteiger partial charge in [0.15, 0.2) is 15.0 Å². The average molecular weight is 490 g/mol. The Morgan fingerprint density at radius 1 is 1.07 bits per heavy atom.